The molecule has 6 nitrogen and oxygen atoms in total. The Kier molecular flexibility index (Phi) is 8.25. The van der Waals surface area contributed by atoms with E-state index >= 15 is 0 Å². The van der Waals surface area contributed by atoms with Crippen LogP contribution in [0.3, 0.4) is 0 Å². The molecule has 22 heavy (non-hydrogen) atoms. The van der Waals surface area contributed by atoms with Gasteiger partial charge in [-0.05, 0) is 31.6 Å². The molecule has 1 aliphatic rings. The first-order chi connectivity index (χ1) is 10.5. The molecule has 0 heterocycles. The van der Waals surface area contributed by atoms with E-state index < -0.39 is 17.9 Å². The zero-order valence-electron chi connectivity index (χ0n) is 13.0. The van der Waals surface area contributed by atoms with Crippen LogP contribution in [0.25, 0.3) is 0 Å². The summed E-state index contributed by atoms with van der Waals surface area (Å²) in [7, 11) is 0. The van der Waals surface area contributed by atoms with Gasteiger partial charge in [-0.3, -0.25) is 9.59 Å². The molecule has 0 aromatic rings. The average Bonchev–Trinajstić information content (AvgIpc) is 2.50. The number of aliphatic carboxylic acids is 1. The lowest BCUT2D eigenvalue weighted by atomic mass is 9.87. The number of hydrogen-bond donors (Lipinski definition) is 3. The second-order valence-corrected chi connectivity index (χ2v) is 5.81. The quantitative estimate of drug-likeness (QED) is 0.564. The number of carboxylic acid groups (broad SMARTS) is 1. The van der Waals surface area contributed by atoms with Gasteiger partial charge in [0.05, 0.1) is 6.54 Å². The largest absolute Gasteiger partial charge is 0.480 e. The van der Waals surface area contributed by atoms with Gasteiger partial charge in [0.1, 0.15) is 6.04 Å². The highest BCUT2D eigenvalue weighted by Gasteiger charge is 2.20. The number of amides is 2. The summed E-state index contributed by atoms with van der Waals surface area (Å²) in [6, 6.07) is -0.944. The first-order valence-corrected chi connectivity index (χ1v) is 7.92. The number of allylic oxidation sites excluding steroid dienone is 1. The Morgan fingerprint density at radius 2 is 1.86 bits per heavy atom. The van der Waals surface area contributed by atoms with E-state index in [2.05, 4.69) is 17.2 Å². The normalized spacial score (nSPS) is 16.5. The maximum absolute atomic E-state index is 11.8. The van der Waals surface area contributed by atoms with E-state index in [9.17, 15) is 14.4 Å². The van der Waals surface area contributed by atoms with Crippen molar-refractivity contribution in [2.75, 3.05) is 6.54 Å². The molecule has 0 aliphatic heterocycles. The maximum Gasteiger partial charge on any atom is 0.326 e. The van der Waals surface area contributed by atoms with Crippen LogP contribution in [0.2, 0.25) is 0 Å². The zero-order chi connectivity index (χ0) is 16.4. The molecule has 2 amide bonds. The maximum atomic E-state index is 11.8. The average molecular weight is 310 g/mol. The molecule has 3 N–H and O–H groups in total. The van der Waals surface area contributed by atoms with Crippen LogP contribution in [-0.4, -0.2) is 35.5 Å². The molecule has 0 saturated heterocycles. The highest BCUT2D eigenvalue weighted by Crippen LogP contribution is 2.25. The third-order valence-electron chi connectivity index (χ3n) is 3.94. The van der Waals surface area contributed by atoms with Gasteiger partial charge in [0.15, 0.2) is 0 Å². The van der Waals surface area contributed by atoms with Gasteiger partial charge < -0.3 is 15.7 Å². The van der Waals surface area contributed by atoms with Crippen LogP contribution in [0.4, 0.5) is 0 Å². The lowest BCUT2D eigenvalue weighted by Crippen LogP contribution is -2.45. The van der Waals surface area contributed by atoms with E-state index in [0.29, 0.717) is 25.2 Å². The van der Waals surface area contributed by atoms with Crippen molar-refractivity contribution in [3.8, 4) is 0 Å². The number of hydrogen-bond acceptors (Lipinski definition) is 3. The summed E-state index contributed by atoms with van der Waals surface area (Å²) in [4.78, 5) is 34.5. The fourth-order valence-electron chi connectivity index (χ4n) is 2.69. The standard InChI is InChI=1S/C16H26N2O4/c1-2-3-9-13(16(21)22)18-15(20)11-17-14(19)10-12-7-5-4-6-8-12/h2,12-13H,1,3-11H2,(H,17,19)(H,18,20)(H,21,22). The number of carbonyl (C=O) groups excluding carboxylic acids is 2. The lowest BCUT2D eigenvalue weighted by molar-refractivity contribution is -0.141. The summed E-state index contributed by atoms with van der Waals surface area (Å²) in [5, 5.41) is 14.0. The van der Waals surface area contributed by atoms with Gasteiger partial charge in [-0.2, -0.15) is 0 Å². The van der Waals surface area contributed by atoms with Crippen LogP contribution < -0.4 is 10.6 Å². The Hall–Kier alpha value is -1.85. The van der Waals surface area contributed by atoms with Crippen LogP contribution in [0.5, 0.6) is 0 Å². The van der Waals surface area contributed by atoms with E-state index in [1.54, 1.807) is 6.08 Å². The van der Waals surface area contributed by atoms with Gasteiger partial charge >= 0.3 is 5.97 Å². The van der Waals surface area contributed by atoms with Crippen LogP contribution in [0, 0.1) is 5.92 Å². The van der Waals surface area contributed by atoms with Gasteiger partial charge in [-0.25, -0.2) is 4.79 Å². The second kappa shape index (κ2) is 9.97. The molecule has 6 heteroatoms. The minimum absolute atomic E-state index is 0.139. The van der Waals surface area contributed by atoms with Crippen LogP contribution in [0.15, 0.2) is 12.7 Å². The van der Waals surface area contributed by atoms with Crippen molar-refractivity contribution in [3.05, 3.63) is 12.7 Å². The van der Waals surface area contributed by atoms with Crippen LogP contribution in [-0.2, 0) is 14.4 Å². The molecule has 1 saturated carbocycles. The van der Waals surface area contributed by atoms with Gasteiger partial charge in [0.25, 0.3) is 0 Å². The molecule has 1 atom stereocenters. The third kappa shape index (κ3) is 7.24. The van der Waals surface area contributed by atoms with E-state index in [0.717, 1.165) is 12.8 Å². The highest BCUT2D eigenvalue weighted by molar-refractivity contribution is 5.87. The fourth-order valence-corrected chi connectivity index (χ4v) is 2.69. The Labute approximate surface area is 131 Å². The predicted octanol–water partition coefficient (Wildman–Crippen LogP) is 1.61. The minimum Gasteiger partial charge on any atom is -0.480 e. The Balaban J connectivity index is 2.26. The van der Waals surface area contributed by atoms with Crippen molar-refractivity contribution in [1.29, 1.82) is 0 Å². The number of rotatable bonds is 9. The molecule has 0 aromatic carbocycles. The molecule has 1 aliphatic carbocycles. The van der Waals surface area contributed by atoms with Gasteiger partial charge in [0, 0.05) is 6.42 Å². The van der Waals surface area contributed by atoms with Crippen molar-refractivity contribution in [2.24, 2.45) is 5.92 Å². The van der Waals surface area contributed by atoms with Crippen molar-refractivity contribution in [3.63, 3.8) is 0 Å². The van der Waals surface area contributed by atoms with Gasteiger partial charge in [-0.15, -0.1) is 6.58 Å². The van der Waals surface area contributed by atoms with Crippen molar-refractivity contribution < 1.29 is 19.5 Å². The number of carbonyl (C=O) groups is 3. The molecule has 0 bridgehead atoms. The van der Waals surface area contributed by atoms with Crippen molar-refractivity contribution in [2.45, 2.75) is 57.4 Å². The van der Waals surface area contributed by atoms with E-state index in [1.165, 1.54) is 19.3 Å². The summed E-state index contributed by atoms with van der Waals surface area (Å²) in [5.74, 6) is -1.28. The lowest BCUT2D eigenvalue weighted by Gasteiger charge is -2.20. The first kappa shape index (κ1) is 18.2. The summed E-state index contributed by atoms with van der Waals surface area (Å²) < 4.78 is 0. The molecular formula is C16H26N2O4. The predicted molar refractivity (Wildman–Crippen MR) is 83.2 cm³/mol. The highest BCUT2D eigenvalue weighted by atomic mass is 16.4. The smallest absolute Gasteiger partial charge is 0.326 e. The molecule has 0 aromatic heterocycles. The Morgan fingerprint density at radius 1 is 1.18 bits per heavy atom. The third-order valence-corrected chi connectivity index (χ3v) is 3.94. The molecule has 124 valence electrons. The van der Waals surface area contributed by atoms with E-state index in [1.807, 2.05) is 0 Å². The molecular weight excluding hydrogens is 284 g/mol. The zero-order valence-corrected chi connectivity index (χ0v) is 13.0. The monoisotopic (exact) mass is 310 g/mol. The molecule has 0 spiro atoms. The molecule has 0 radical (unpaired) electrons. The van der Waals surface area contributed by atoms with Crippen LogP contribution in [0.1, 0.15) is 51.4 Å². The van der Waals surface area contributed by atoms with Gasteiger partial charge in [-0.1, -0.05) is 25.3 Å². The second-order valence-electron chi connectivity index (χ2n) is 5.81. The topological polar surface area (TPSA) is 95.5 Å². The van der Waals surface area contributed by atoms with Crippen molar-refractivity contribution >= 4 is 17.8 Å². The number of carboxylic acids is 1. The van der Waals surface area contributed by atoms with Gasteiger partial charge in [0.2, 0.25) is 11.8 Å². The molecule has 1 rings (SSSR count). The number of nitrogens with one attached hydrogen (secondary N) is 2. The van der Waals surface area contributed by atoms with Crippen molar-refractivity contribution in [1.82, 2.24) is 10.6 Å². The summed E-state index contributed by atoms with van der Waals surface area (Å²) in [6.45, 7) is 3.35. The summed E-state index contributed by atoms with van der Waals surface area (Å²) in [5.41, 5.74) is 0. The fraction of sp³-hybridized carbons (Fsp3) is 0.688. The van der Waals surface area contributed by atoms with Crippen LogP contribution >= 0.6 is 0 Å². The molecule has 1 fully saturated rings. The first-order valence-electron chi connectivity index (χ1n) is 7.92. The summed E-state index contributed by atoms with van der Waals surface area (Å²) >= 11 is 0. The minimum atomic E-state index is -1.08. The summed E-state index contributed by atoms with van der Waals surface area (Å²) in [6.07, 6.45) is 8.57. The van der Waals surface area contributed by atoms with E-state index in [-0.39, 0.29) is 12.5 Å². The Bertz CT molecular complexity index is 403. The SMILES string of the molecule is C=CCCC(NC(=O)CNC(=O)CC1CCCCC1)C(=O)O. The van der Waals surface area contributed by atoms with E-state index in [4.69, 9.17) is 5.11 Å². The molecule has 1 unspecified atom stereocenters. The Morgan fingerprint density at radius 3 is 2.45 bits per heavy atom.